The van der Waals surface area contributed by atoms with Gasteiger partial charge in [-0.2, -0.15) is 0 Å². The molecule has 0 saturated carbocycles. The SMILES string of the molecule is Cc1csc([C@@H](C)NC(=O)N2CCC(CN3CCc4ccccc43)CC2)n1. The molecule has 1 aromatic heterocycles. The molecule has 144 valence electrons. The van der Waals surface area contributed by atoms with Crippen molar-refractivity contribution < 1.29 is 4.79 Å². The first-order valence-corrected chi connectivity index (χ1v) is 10.8. The Kier molecular flexibility index (Phi) is 5.34. The number of hydrogen-bond donors (Lipinski definition) is 1. The number of fused-ring (bicyclic) bond motifs is 1. The van der Waals surface area contributed by atoms with Crippen LogP contribution in [0.3, 0.4) is 0 Å². The van der Waals surface area contributed by atoms with Gasteiger partial charge in [0.05, 0.1) is 6.04 Å². The average molecular weight is 385 g/mol. The van der Waals surface area contributed by atoms with Crippen molar-refractivity contribution in [1.82, 2.24) is 15.2 Å². The molecule has 1 aromatic carbocycles. The number of likely N-dealkylation sites (tertiary alicyclic amines) is 1. The van der Waals surface area contributed by atoms with Crippen LogP contribution in [0.2, 0.25) is 0 Å². The highest BCUT2D eigenvalue weighted by Crippen LogP contribution is 2.30. The summed E-state index contributed by atoms with van der Waals surface area (Å²) >= 11 is 1.61. The number of carbonyl (C=O) groups excluding carboxylic acids is 1. The lowest BCUT2D eigenvalue weighted by atomic mass is 9.96. The van der Waals surface area contributed by atoms with E-state index in [1.165, 1.54) is 11.3 Å². The smallest absolute Gasteiger partial charge is 0.317 e. The van der Waals surface area contributed by atoms with E-state index in [1.54, 1.807) is 11.3 Å². The van der Waals surface area contributed by atoms with Gasteiger partial charge >= 0.3 is 6.03 Å². The van der Waals surface area contributed by atoms with Crippen LogP contribution in [0, 0.1) is 12.8 Å². The molecule has 0 radical (unpaired) electrons. The number of rotatable bonds is 4. The van der Waals surface area contributed by atoms with Crippen LogP contribution in [-0.4, -0.2) is 42.1 Å². The molecule has 0 aliphatic carbocycles. The van der Waals surface area contributed by atoms with Crippen molar-refractivity contribution >= 4 is 23.1 Å². The molecule has 4 rings (SSSR count). The fraction of sp³-hybridized carbons (Fsp3) is 0.524. The molecule has 1 N–H and O–H groups in total. The van der Waals surface area contributed by atoms with Crippen LogP contribution in [0.25, 0.3) is 0 Å². The van der Waals surface area contributed by atoms with Gasteiger partial charge in [0, 0.05) is 42.9 Å². The second-order valence-corrected chi connectivity index (χ2v) is 8.64. The summed E-state index contributed by atoms with van der Waals surface area (Å²) < 4.78 is 0. The van der Waals surface area contributed by atoms with E-state index in [2.05, 4.69) is 39.5 Å². The highest BCUT2D eigenvalue weighted by atomic mass is 32.1. The summed E-state index contributed by atoms with van der Waals surface area (Å²) in [4.78, 5) is 21.6. The molecular formula is C21H28N4OS. The summed E-state index contributed by atoms with van der Waals surface area (Å²) in [6, 6.07) is 8.76. The summed E-state index contributed by atoms with van der Waals surface area (Å²) in [6.07, 6.45) is 3.32. The maximum absolute atomic E-state index is 12.6. The Morgan fingerprint density at radius 1 is 1.30 bits per heavy atom. The average Bonchev–Trinajstić information content (AvgIpc) is 3.29. The molecule has 0 unspecified atom stereocenters. The first kappa shape index (κ1) is 18.3. The lowest BCUT2D eigenvalue weighted by Crippen LogP contribution is -2.46. The highest BCUT2D eigenvalue weighted by molar-refractivity contribution is 7.09. The van der Waals surface area contributed by atoms with Crippen molar-refractivity contribution in [2.24, 2.45) is 5.92 Å². The van der Waals surface area contributed by atoms with E-state index >= 15 is 0 Å². The monoisotopic (exact) mass is 384 g/mol. The number of aromatic nitrogens is 1. The summed E-state index contributed by atoms with van der Waals surface area (Å²) in [7, 11) is 0. The van der Waals surface area contributed by atoms with E-state index in [0.29, 0.717) is 5.92 Å². The van der Waals surface area contributed by atoms with Crippen LogP contribution < -0.4 is 10.2 Å². The van der Waals surface area contributed by atoms with Crippen LogP contribution in [-0.2, 0) is 6.42 Å². The topological polar surface area (TPSA) is 48.5 Å². The number of carbonyl (C=O) groups is 1. The molecule has 3 heterocycles. The third kappa shape index (κ3) is 4.10. The summed E-state index contributed by atoms with van der Waals surface area (Å²) in [5.41, 5.74) is 3.89. The van der Waals surface area contributed by atoms with Crippen molar-refractivity contribution in [2.45, 2.75) is 39.2 Å². The fourth-order valence-electron chi connectivity index (χ4n) is 4.14. The van der Waals surface area contributed by atoms with Gasteiger partial charge in [-0.25, -0.2) is 9.78 Å². The first-order valence-electron chi connectivity index (χ1n) is 9.90. The van der Waals surface area contributed by atoms with Crippen molar-refractivity contribution in [3.05, 3.63) is 45.9 Å². The number of nitrogens with one attached hydrogen (secondary N) is 1. The molecule has 2 aliphatic heterocycles. The van der Waals surface area contributed by atoms with Crippen LogP contribution in [0.1, 0.15) is 42.1 Å². The number of thiazole rings is 1. The third-order valence-corrected chi connectivity index (χ3v) is 6.86. The van der Waals surface area contributed by atoms with Gasteiger partial charge in [-0.15, -0.1) is 11.3 Å². The Morgan fingerprint density at radius 2 is 2.07 bits per heavy atom. The second kappa shape index (κ2) is 7.89. The molecule has 2 amide bonds. The van der Waals surface area contributed by atoms with Gasteiger partial charge in [0.15, 0.2) is 0 Å². The highest BCUT2D eigenvalue weighted by Gasteiger charge is 2.27. The van der Waals surface area contributed by atoms with Crippen LogP contribution in [0.4, 0.5) is 10.5 Å². The zero-order chi connectivity index (χ0) is 18.8. The summed E-state index contributed by atoms with van der Waals surface area (Å²) in [6.45, 7) is 7.92. The normalized spacial score (nSPS) is 18.4. The summed E-state index contributed by atoms with van der Waals surface area (Å²) in [5, 5.41) is 6.11. The largest absolute Gasteiger partial charge is 0.371 e. The summed E-state index contributed by atoms with van der Waals surface area (Å²) in [5.74, 6) is 0.666. The minimum Gasteiger partial charge on any atom is -0.371 e. The molecule has 1 saturated heterocycles. The third-order valence-electron chi connectivity index (χ3n) is 5.71. The molecule has 27 heavy (non-hydrogen) atoms. The van der Waals surface area contributed by atoms with Gasteiger partial charge in [0.25, 0.3) is 0 Å². The number of aryl methyl sites for hydroxylation is 1. The van der Waals surface area contributed by atoms with Crippen molar-refractivity contribution in [3.63, 3.8) is 0 Å². The Morgan fingerprint density at radius 3 is 2.81 bits per heavy atom. The van der Waals surface area contributed by atoms with Crippen LogP contribution >= 0.6 is 11.3 Å². The molecule has 2 aliphatic rings. The fourth-order valence-corrected chi connectivity index (χ4v) is 4.94. The van der Waals surface area contributed by atoms with Gasteiger partial charge in [0.2, 0.25) is 0 Å². The number of para-hydroxylation sites is 1. The zero-order valence-electron chi connectivity index (χ0n) is 16.1. The number of nitrogens with zero attached hydrogens (tertiary/aromatic N) is 3. The number of piperidine rings is 1. The van der Waals surface area contributed by atoms with E-state index in [9.17, 15) is 4.79 Å². The quantitative estimate of drug-likeness (QED) is 0.867. The Hall–Kier alpha value is -2.08. The van der Waals surface area contributed by atoms with E-state index < -0.39 is 0 Å². The zero-order valence-corrected chi connectivity index (χ0v) is 17.0. The van der Waals surface area contributed by atoms with Crippen LogP contribution in [0.15, 0.2) is 29.6 Å². The standard InChI is InChI=1S/C21H28N4OS/c1-15-14-27-20(22-15)16(2)23-21(26)24-10-7-17(8-11-24)13-25-12-9-18-5-3-4-6-19(18)25/h3-6,14,16-17H,7-13H2,1-2H3,(H,23,26)/t16-/m1/s1. The van der Waals surface area contributed by atoms with E-state index in [4.69, 9.17) is 0 Å². The molecule has 5 nitrogen and oxygen atoms in total. The maximum Gasteiger partial charge on any atom is 0.317 e. The Balaban J connectivity index is 1.26. The minimum atomic E-state index is -0.0324. The Labute approximate surface area is 165 Å². The van der Waals surface area contributed by atoms with Gasteiger partial charge in [-0.3, -0.25) is 0 Å². The molecule has 0 bridgehead atoms. The Bertz CT molecular complexity index is 797. The van der Waals surface area contributed by atoms with Gasteiger partial charge < -0.3 is 15.1 Å². The number of anilines is 1. The minimum absolute atomic E-state index is 0.0324. The van der Waals surface area contributed by atoms with E-state index in [0.717, 1.165) is 56.1 Å². The molecule has 1 atom stereocenters. The number of amides is 2. The van der Waals surface area contributed by atoms with Crippen molar-refractivity contribution in [3.8, 4) is 0 Å². The number of hydrogen-bond acceptors (Lipinski definition) is 4. The van der Waals surface area contributed by atoms with Crippen molar-refractivity contribution in [1.29, 1.82) is 0 Å². The van der Waals surface area contributed by atoms with Gasteiger partial charge in [-0.1, -0.05) is 18.2 Å². The van der Waals surface area contributed by atoms with Crippen molar-refractivity contribution in [2.75, 3.05) is 31.1 Å². The van der Waals surface area contributed by atoms with Gasteiger partial charge in [0.1, 0.15) is 5.01 Å². The first-order chi connectivity index (χ1) is 13.1. The van der Waals surface area contributed by atoms with E-state index in [-0.39, 0.29) is 12.1 Å². The lowest BCUT2D eigenvalue weighted by molar-refractivity contribution is 0.168. The van der Waals surface area contributed by atoms with Gasteiger partial charge in [-0.05, 0) is 50.7 Å². The molecule has 0 spiro atoms. The molecule has 1 fully saturated rings. The molecular weight excluding hydrogens is 356 g/mol. The predicted molar refractivity (Wildman–Crippen MR) is 110 cm³/mol. The van der Waals surface area contributed by atoms with Crippen LogP contribution in [0.5, 0.6) is 0 Å². The predicted octanol–water partition coefficient (Wildman–Crippen LogP) is 4.00. The number of benzene rings is 1. The molecule has 6 heteroatoms. The second-order valence-electron chi connectivity index (χ2n) is 7.75. The maximum atomic E-state index is 12.6. The number of urea groups is 1. The lowest BCUT2D eigenvalue weighted by Gasteiger charge is -2.35. The van der Waals surface area contributed by atoms with E-state index in [1.807, 2.05) is 24.1 Å². The molecule has 2 aromatic rings.